The van der Waals surface area contributed by atoms with Gasteiger partial charge in [-0.1, -0.05) is 0 Å². The molecule has 1 atom stereocenters. The minimum absolute atomic E-state index is 0.278. The molecule has 0 saturated carbocycles. The summed E-state index contributed by atoms with van der Waals surface area (Å²) in [5, 5.41) is 24.1. The number of esters is 1. The summed E-state index contributed by atoms with van der Waals surface area (Å²) >= 11 is 1.45. The summed E-state index contributed by atoms with van der Waals surface area (Å²) in [5.41, 5.74) is -1.59. The Morgan fingerprint density at radius 1 is 1.29 bits per heavy atom. The topological polar surface area (TPSA) is 142 Å². The molecular formula is C13H15N3O7S. The van der Waals surface area contributed by atoms with Gasteiger partial charge in [-0.15, -0.1) is 0 Å². The van der Waals surface area contributed by atoms with Crippen molar-refractivity contribution in [2.45, 2.75) is 12.5 Å². The van der Waals surface area contributed by atoms with E-state index in [1.165, 1.54) is 11.8 Å². The van der Waals surface area contributed by atoms with Crippen LogP contribution in [-0.4, -0.2) is 46.9 Å². The number of nitrogens with one attached hydrogen (secondary N) is 1. The highest BCUT2D eigenvalue weighted by Gasteiger charge is 2.28. The predicted octanol–water partition coefficient (Wildman–Crippen LogP) is 1.53. The van der Waals surface area contributed by atoms with Crippen LogP contribution in [0.5, 0.6) is 0 Å². The van der Waals surface area contributed by atoms with E-state index in [9.17, 15) is 29.8 Å². The van der Waals surface area contributed by atoms with E-state index in [-0.39, 0.29) is 12.0 Å². The van der Waals surface area contributed by atoms with Crippen molar-refractivity contribution in [3.63, 3.8) is 0 Å². The fourth-order valence-corrected chi connectivity index (χ4v) is 2.31. The van der Waals surface area contributed by atoms with Crippen LogP contribution in [0.25, 0.3) is 0 Å². The van der Waals surface area contributed by atoms with E-state index >= 15 is 0 Å². The fraction of sp³-hybridized carbons (Fsp3) is 0.385. The third kappa shape index (κ3) is 4.91. The number of thioether (sulfide) groups is 1. The second kappa shape index (κ2) is 8.82. The van der Waals surface area contributed by atoms with Crippen molar-refractivity contribution in [2.75, 3.05) is 19.1 Å². The Kier molecular flexibility index (Phi) is 7.11. The van der Waals surface area contributed by atoms with E-state index in [1.54, 1.807) is 0 Å². The first-order valence-electron chi connectivity index (χ1n) is 6.62. The zero-order valence-electron chi connectivity index (χ0n) is 12.9. The molecule has 1 amide bonds. The van der Waals surface area contributed by atoms with Crippen molar-refractivity contribution in [3.8, 4) is 0 Å². The van der Waals surface area contributed by atoms with Gasteiger partial charge in [0, 0.05) is 6.07 Å². The molecule has 0 aliphatic rings. The maximum atomic E-state index is 12.2. The normalized spacial score (nSPS) is 11.4. The molecule has 1 N–H and O–H groups in total. The molecule has 10 nitrogen and oxygen atoms in total. The molecule has 11 heteroatoms. The number of benzene rings is 1. The molecule has 0 fully saturated rings. The standard InChI is InChI=1S/C13H15N3O7S/c1-23-13(18)10(5-6-24-2)14-12(17)9-4-3-8(15(19)20)7-11(9)16(21)22/h3-4,7,10H,5-6H2,1-2H3,(H,14,17). The van der Waals surface area contributed by atoms with Crippen LogP contribution < -0.4 is 5.32 Å². The van der Waals surface area contributed by atoms with Crippen LogP contribution in [0.15, 0.2) is 18.2 Å². The average Bonchev–Trinajstić information content (AvgIpc) is 2.56. The van der Waals surface area contributed by atoms with Gasteiger partial charge in [-0.2, -0.15) is 11.8 Å². The monoisotopic (exact) mass is 357 g/mol. The summed E-state index contributed by atoms with van der Waals surface area (Å²) in [6.07, 6.45) is 2.09. The largest absolute Gasteiger partial charge is 0.467 e. The Morgan fingerprint density at radius 3 is 2.46 bits per heavy atom. The highest BCUT2D eigenvalue weighted by atomic mass is 32.2. The minimum atomic E-state index is -0.968. The molecule has 24 heavy (non-hydrogen) atoms. The first-order chi connectivity index (χ1) is 11.3. The van der Waals surface area contributed by atoms with Gasteiger partial charge in [0.05, 0.1) is 23.0 Å². The van der Waals surface area contributed by atoms with Gasteiger partial charge in [0.1, 0.15) is 11.6 Å². The van der Waals surface area contributed by atoms with Gasteiger partial charge in [0.25, 0.3) is 17.3 Å². The van der Waals surface area contributed by atoms with Crippen LogP contribution in [0.4, 0.5) is 11.4 Å². The van der Waals surface area contributed by atoms with Crippen LogP contribution in [0.3, 0.4) is 0 Å². The number of rotatable bonds is 8. The van der Waals surface area contributed by atoms with Gasteiger partial charge >= 0.3 is 5.97 Å². The quantitative estimate of drug-likeness (QED) is 0.419. The number of hydrogen-bond acceptors (Lipinski definition) is 8. The zero-order chi connectivity index (χ0) is 18.3. The Balaban J connectivity index is 3.10. The third-order valence-corrected chi connectivity index (χ3v) is 3.68. The molecule has 1 unspecified atom stereocenters. The molecule has 1 rings (SSSR count). The first kappa shape index (κ1) is 19.4. The lowest BCUT2D eigenvalue weighted by molar-refractivity contribution is -0.394. The number of nitro benzene ring substituents is 2. The number of nitro groups is 2. The SMILES string of the molecule is COC(=O)C(CCSC)NC(=O)c1ccc([N+](=O)[O-])cc1[N+](=O)[O-]. The van der Waals surface area contributed by atoms with Crippen molar-refractivity contribution in [1.82, 2.24) is 5.32 Å². The Morgan fingerprint density at radius 2 is 1.96 bits per heavy atom. The summed E-state index contributed by atoms with van der Waals surface area (Å²) in [4.78, 5) is 44.0. The van der Waals surface area contributed by atoms with Gasteiger partial charge in [-0.25, -0.2) is 4.79 Å². The lowest BCUT2D eigenvalue weighted by Gasteiger charge is -2.16. The molecule has 0 aliphatic heterocycles. The van der Waals surface area contributed by atoms with Crippen LogP contribution >= 0.6 is 11.8 Å². The highest BCUT2D eigenvalue weighted by molar-refractivity contribution is 7.98. The van der Waals surface area contributed by atoms with Crippen LogP contribution in [0.1, 0.15) is 16.8 Å². The number of non-ortho nitro benzene ring substituents is 1. The van der Waals surface area contributed by atoms with Crippen molar-refractivity contribution in [3.05, 3.63) is 44.0 Å². The molecule has 0 spiro atoms. The van der Waals surface area contributed by atoms with Gasteiger partial charge in [0.15, 0.2) is 0 Å². The molecule has 1 aromatic rings. The van der Waals surface area contributed by atoms with E-state index < -0.39 is 39.1 Å². The molecular weight excluding hydrogens is 342 g/mol. The number of nitrogens with zero attached hydrogens (tertiary/aromatic N) is 2. The first-order valence-corrected chi connectivity index (χ1v) is 8.01. The van der Waals surface area contributed by atoms with Crippen LogP contribution in [-0.2, 0) is 9.53 Å². The summed E-state index contributed by atoms with van der Waals surface area (Å²) in [5.74, 6) is -1.00. The molecule has 0 saturated heterocycles. The van der Waals surface area contributed by atoms with Crippen molar-refractivity contribution >= 4 is 35.0 Å². The number of ether oxygens (including phenoxy) is 1. The Hall–Kier alpha value is -2.69. The van der Waals surface area contributed by atoms with Crippen molar-refractivity contribution < 1.29 is 24.2 Å². The number of hydrogen-bond donors (Lipinski definition) is 1. The molecule has 0 radical (unpaired) electrons. The molecule has 0 aliphatic carbocycles. The van der Waals surface area contributed by atoms with Crippen molar-refractivity contribution in [1.29, 1.82) is 0 Å². The summed E-state index contributed by atoms with van der Waals surface area (Å²) in [7, 11) is 1.16. The number of carbonyl (C=O) groups excluding carboxylic acids is 2. The number of methoxy groups -OCH3 is 1. The molecule has 0 aromatic heterocycles. The number of carbonyl (C=O) groups is 2. The van der Waals surface area contributed by atoms with Crippen LogP contribution in [0, 0.1) is 20.2 Å². The molecule has 0 bridgehead atoms. The zero-order valence-corrected chi connectivity index (χ0v) is 13.7. The molecule has 130 valence electrons. The second-order valence-electron chi connectivity index (χ2n) is 4.55. The van der Waals surface area contributed by atoms with E-state index in [0.717, 1.165) is 19.2 Å². The van der Waals surface area contributed by atoms with E-state index in [1.807, 2.05) is 6.26 Å². The average molecular weight is 357 g/mol. The van der Waals surface area contributed by atoms with Gasteiger partial charge in [-0.05, 0) is 24.5 Å². The second-order valence-corrected chi connectivity index (χ2v) is 5.53. The Labute approximate surface area is 140 Å². The number of amides is 1. The summed E-state index contributed by atoms with van der Waals surface area (Å²) < 4.78 is 4.59. The van der Waals surface area contributed by atoms with E-state index in [0.29, 0.717) is 11.8 Å². The lowest BCUT2D eigenvalue weighted by atomic mass is 10.1. The Bertz CT molecular complexity index is 665. The maximum absolute atomic E-state index is 12.2. The van der Waals surface area contributed by atoms with Gasteiger partial charge < -0.3 is 10.1 Å². The highest BCUT2D eigenvalue weighted by Crippen LogP contribution is 2.24. The maximum Gasteiger partial charge on any atom is 0.328 e. The fourth-order valence-electron chi connectivity index (χ4n) is 1.84. The van der Waals surface area contributed by atoms with Crippen molar-refractivity contribution in [2.24, 2.45) is 0 Å². The van der Waals surface area contributed by atoms with E-state index in [2.05, 4.69) is 10.1 Å². The summed E-state index contributed by atoms with van der Waals surface area (Å²) in [6, 6.07) is 1.69. The summed E-state index contributed by atoms with van der Waals surface area (Å²) in [6.45, 7) is 0. The van der Waals surface area contributed by atoms with Crippen LogP contribution in [0.2, 0.25) is 0 Å². The van der Waals surface area contributed by atoms with Gasteiger partial charge in [-0.3, -0.25) is 25.0 Å². The lowest BCUT2D eigenvalue weighted by Crippen LogP contribution is -2.42. The minimum Gasteiger partial charge on any atom is -0.467 e. The van der Waals surface area contributed by atoms with Gasteiger partial charge in [0.2, 0.25) is 0 Å². The molecule has 0 heterocycles. The predicted molar refractivity (Wildman–Crippen MR) is 86.0 cm³/mol. The smallest absolute Gasteiger partial charge is 0.328 e. The van der Waals surface area contributed by atoms with E-state index in [4.69, 9.17) is 0 Å². The molecule has 1 aromatic carbocycles. The third-order valence-electron chi connectivity index (χ3n) is 3.04.